The second kappa shape index (κ2) is 47.0. The Morgan fingerprint density at radius 2 is 0.635 bits per heavy atom. The number of hydrogen-bond acceptors (Lipinski definition) is 22. The van der Waals surface area contributed by atoms with Gasteiger partial charge in [-0.1, -0.05) is 0 Å². The maximum absolute atomic E-state index is 13.6. The predicted molar refractivity (Wildman–Crippen MR) is 357 cm³/mol. The molecule has 1 aliphatic heterocycles. The zero-order valence-corrected chi connectivity index (χ0v) is 60.4. The quantitative estimate of drug-likeness (QED) is 0.0150. The second-order valence-electron chi connectivity index (χ2n) is 28.4. The molecule has 0 unspecified atom stereocenters. The molecule has 0 aliphatic carbocycles. The summed E-state index contributed by atoms with van der Waals surface area (Å²) in [7, 11) is 0. The molecule has 96 heavy (non-hydrogen) atoms. The van der Waals surface area contributed by atoms with Crippen molar-refractivity contribution in [2.75, 3.05) is 131 Å². The average Bonchev–Trinajstić information content (AvgIpc) is 1.03. The van der Waals surface area contributed by atoms with E-state index < -0.39 is 52.1 Å². The fourth-order valence-electron chi connectivity index (χ4n) is 9.57. The maximum atomic E-state index is 13.6. The zero-order chi connectivity index (χ0) is 72.5. The number of carbonyl (C=O) groups is 11. The highest BCUT2D eigenvalue weighted by Gasteiger charge is 2.28. The van der Waals surface area contributed by atoms with Gasteiger partial charge in [0.05, 0.1) is 31.8 Å². The molecule has 30 heteroatoms. The van der Waals surface area contributed by atoms with E-state index in [1.807, 2.05) is 40.4 Å². The van der Waals surface area contributed by atoms with Crippen molar-refractivity contribution in [3.8, 4) is 0 Å². The Labute approximate surface area is 570 Å². The van der Waals surface area contributed by atoms with Crippen molar-refractivity contribution in [3.63, 3.8) is 0 Å². The number of hydrogen-bond donors (Lipinski definition) is 7. The van der Waals surface area contributed by atoms with E-state index in [9.17, 15) is 68.4 Å². The van der Waals surface area contributed by atoms with Crippen LogP contribution in [-0.2, 0) is 71.8 Å². The Kier molecular flexibility index (Phi) is 43.0. The van der Waals surface area contributed by atoms with Gasteiger partial charge < -0.3 is 35.5 Å². The van der Waals surface area contributed by atoms with E-state index >= 15 is 0 Å². The van der Waals surface area contributed by atoms with Gasteiger partial charge in [-0.25, -0.2) is 20.3 Å². The van der Waals surface area contributed by atoms with Gasteiger partial charge >= 0.3 is 17.9 Å². The van der Waals surface area contributed by atoms with Crippen molar-refractivity contribution < 1.29 is 87.4 Å². The lowest BCUT2D eigenvalue weighted by Crippen LogP contribution is -2.50. The van der Waals surface area contributed by atoms with Gasteiger partial charge in [0.15, 0.2) is 0 Å². The molecule has 1 aliphatic rings. The standard InChI is InChI=1S/C66H122N12O18/c1-52(79)75(90)36-21-14-17-33-68-54(81)28-30-58(85)77(92)38-23-16-19-34-69-55(82)29-31-57(84)76(91)37-22-15-18-32-67-53(80)26-25-27-59(86)78(96-66(11,12)13)39-24-20-35-70-56(83)48-71-40-42-72(49-60(87)93-63(2,3)4)44-46-74(51-62(89)95-65(8,9)10)47-45-73(43-41-71)50-61(88)94-64(5,6)7/h90-92H,14-51H2,1-13H3,(H,67,80)(H,68,81)(H,69,82)(H,70,83). The molecule has 7 N–H and O–H groups in total. The van der Waals surface area contributed by atoms with E-state index in [-0.39, 0.29) is 133 Å². The van der Waals surface area contributed by atoms with E-state index in [4.69, 9.17) is 19.0 Å². The molecule has 8 amide bonds. The average molecular weight is 1370 g/mol. The number of nitrogens with zero attached hydrogens (tertiary/aromatic N) is 8. The van der Waals surface area contributed by atoms with Gasteiger partial charge in [-0.3, -0.25) is 92.8 Å². The predicted octanol–water partition coefficient (Wildman–Crippen LogP) is 3.95. The summed E-state index contributed by atoms with van der Waals surface area (Å²) in [6.45, 7) is 28.2. The number of hydroxylamine groups is 8. The molecular formula is C66H122N12O18. The van der Waals surface area contributed by atoms with E-state index in [2.05, 4.69) is 21.3 Å². The number of carbonyl (C=O) groups excluding carboxylic acids is 11. The summed E-state index contributed by atoms with van der Waals surface area (Å²) in [5.74, 6) is -4.23. The van der Waals surface area contributed by atoms with Crippen LogP contribution in [-0.4, -0.2) is 274 Å². The maximum Gasteiger partial charge on any atom is 0.320 e. The van der Waals surface area contributed by atoms with Crippen molar-refractivity contribution in [2.45, 2.75) is 228 Å². The Bertz CT molecular complexity index is 2330. The van der Waals surface area contributed by atoms with Crippen LogP contribution in [0.1, 0.15) is 206 Å². The molecular weight excluding hydrogens is 1250 g/mol. The van der Waals surface area contributed by atoms with E-state index in [0.29, 0.717) is 164 Å². The molecule has 0 aromatic carbocycles. The summed E-state index contributed by atoms with van der Waals surface area (Å²) < 4.78 is 17.0. The third-order valence-corrected chi connectivity index (χ3v) is 14.4. The summed E-state index contributed by atoms with van der Waals surface area (Å²) in [6.07, 6.45) is 6.08. The van der Waals surface area contributed by atoms with E-state index in [1.165, 1.54) is 12.0 Å². The van der Waals surface area contributed by atoms with E-state index in [1.54, 1.807) is 62.3 Å². The van der Waals surface area contributed by atoms with Gasteiger partial charge in [-0.2, -0.15) is 0 Å². The molecule has 30 nitrogen and oxygen atoms in total. The zero-order valence-electron chi connectivity index (χ0n) is 60.4. The van der Waals surface area contributed by atoms with Crippen LogP contribution in [0, 0.1) is 0 Å². The molecule has 0 spiro atoms. The Morgan fingerprint density at radius 3 is 0.969 bits per heavy atom. The van der Waals surface area contributed by atoms with E-state index in [0.717, 1.165) is 0 Å². The van der Waals surface area contributed by atoms with Gasteiger partial charge in [0.1, 0.15) is 16.8 Å². The highest BCUT2D eigenvalue weighted by molar-refractivity contribution is 5.84. The molecule has 0 aromatic rings. The largest absolute Gasteiger partial charge is 0.459 e. The number of unbranched alkanes of at least 4 members (excludes halogenated alkanes) is 7. The number of nitrogens with one attached hydrogen (secondary N) is 4. The van der Waals surface area contributed by atoms with Crippen LogP contribution in [0.15, 0.2) is 0 Å². The molecule has 0 atom stereocenters. The van der Waals surface area contributed by atoms with Crippen LogP contribution >= 0.6 is 0 Å². The molecule has 1 fully saturated rings. The SMILES string of the molecule is CC(=O)N(O)CCCCCNC(=O)CCC(=O)N(O)CCCCCNC(=O)CCC(=O)N(O)CCCCCNC(=O)CCCC(=O)N(CCCCNC(=O)CN1CCN(CC(=O)OC(C)(C)C)CCN(CC(=O)OC(C)(C)C)CCN(CC(=O)OC(C)(C)C)CC1)OC(C)(C)C. The van der Waals surface area contributed by atoms with Crippen molar-refractivity contribution in [1.29, 1.82) is 0 Å². The minimum atomic E-state index is -0.696. The van der Waals surface area contributed by atoms with Crippen LogP contribution in [0.5, 0.6) is 0 Å². The fraction of sp³-hybridized carbons (Fsp3) is 0.833. The summed E-state index contributed by atoms with van der Waals surface area (Å²) in [6, 6.07) is 0. The number of ether oxygens (including phenoxy) is 3. The first-order valence-electron chi connectivity index (χ1n) is 34.4. The number of esters is 3. The Hall–Kier alpha value is -6.15. The van der Waals surface area contributed by atoms with Crippen molar-refractivity contribution in [3.05, 3.63) is 0 Å². The molecule has 0 aromatic heterocycles. The van der Waals surface area contributed by atoms with Crippen LogP contribution < -0.4 is 21.3 Å². The first-order valence-corrected chi connectivity index (χ1v) is 34.4. The monoisotopic (exact) mass is 1370 g/mol. The van der Waals surface area contributed by atoms with Crippen molar-refractivity contribution in [2.24, 2.45) is 0 Å². The van der Waals surface area contributed by atoms with Gasteiger partial charge in [0, 0.05) is 150 Å². The highest BCUT2D eigenvalue weighted by atomic mass is 16.7. The van der Waals surface area contributed by atoms with Crippen LogP contribution in [0.4, 0.5) is 0 Å². The van der Waals surface area contributed by atoms with Crippen LogP contribution in [0.25, 0.3) is 0 Å². The number of amides is 8. The summed E-state index contributed by atoms with van der Waals surface area (Å²) in [5.41, 5.74) is -2.76. The molecule has 554 valence electrons. The topological polar surface area (TPSA) is 359 Å². The first-order chi connectivity index (χ1) is 44.8. The van der Waals surface area contributed by atoms with Crippen LogP contribution in [0.2, 0.25) is 0 Å². The Morgan fingerprint density at radius 1 is 0.333 bits per heavy atom. The Balaban J connectivity index is 2.53. The van der Waals surface area contributed by atoms with Gasteiger partial charge in [-0.15, -0.1) is 0 Å². The lowest BCUT2D eigenvalue weighted by molar-refractivity contribution is -0.227. The summed E-state index contributed by atoms with van der Waals surface area (Å²) >= 11 is 0. The van der Waals surface area contributed by atoms with Crippen molar-refractivity contribution in [1.82, 2.24) is 61.1 Å². The molecule has 1 heterocycles. The summed E-state index contributed by atoms with van der Waals surface area (Å²) in [5, 5.41) is 44.0. The molecule has 0 radical (unpaired) electrons. The van der Waals surface area contributed by atoms with Crippen molar-refractivity contribution >= 4 is 65.2 Å². The summed E-state index contributed by atoms with van der Waals surface area (Å²) in [4.78, 5) is 153. The fourth-order valence-corrected chi connectivity index (χ4v) is 9.57. The lowest BCUT2D eigenvalue weighted by atomic mass is 10.2. The van der Waals surface area contributed by atoms with Gasteiger partial charge in [0.25, 0.3) is 0 Å². The molecule has 0 bridgehead atoms. The van der Waals surface area contributed by atoms with Gasteiger partial charge in [-0.05, 0) is 160 Å². The molecule has 1 rings (SSSR count). The third kappa shape index (κ3) is 48.5. The molecule has 0 saturated carbocycles. The third-order valence-electron chi connectivity index (χ3n) is 14.4. The number of rotatable bonds is 42. The minimum Gasteiger partial charge on any atom is -0.459 e. The highest BCUT2D eigenvalue weighted by Crippen LogP contribution is 2.16. The van der Waals surface area contributed by atoms with Crippen LogP contribution in [0.3, 0.4) is 0 Å². The lowest BCUT2D eigenvalue weighted by Gasteiger charge is -2.34. The minimum absolute atomic E-state index is 0.00116. The smallest absolute Gasteiger partial charge is 0.320 e. The molecule has 1 saturated heterocycles. The normalized spacial score (nSPS) is 14.2. The first kappa shape index (κ1) is 87.9. The second-order valence-corrected chi connectivity index (χ2v) is 28.4. The van der Waals surface area contributed by atoms with Gasteiger partial charge in [0.2, 0.25) is 47.3 Å².